The number of hydrogen-bond acceptors (Lipinski definition) is 3. The maximum absolute atomic E-state index is 11.2. The molecule has 2 aliphatic rings. The highest BCUT2D eigenvalue weighted by atomic mass is 16.6. The Bertz CT molecular complexity index is 319. The van der Waals surface area contributed by atoms with Gasteiger partial charge in [0.05, 0.1) is 12.0 Å². The van der Waals surface area contributed by atoms with E-state index in [0.29, 0.717) is 0 Å². The number of allylic oxidation sites excluding steroid dienone is 2. The van der Waals surface area contributed by atoms with Crippen LogP contribution in [0.2, 0.25) is 0 Å². The van der Waals surface area contributed by atoms with E-state index in [0.717, 1.165) is 0 Å². The molecule has 4 nitrogen and oxygen atoms in total. The molecular formula is C9H9NO3. The highest BCUT2D eigenvalue weighted by Gasteiger charge is 2.39. The summed E-state index contributed by atoms with van der Waals surface area (Å²) in [5.74, 6) is -0.804. The summed E-state index contributed by atoms with van der Waals surface area (Å²) in [7, 11) is 1.62. The molecule has 0 aromatic carbocycles. The largest absolute Gasteiger partial charge is 0.417 e. The minimum atomic E-state index is -0.578. The van der Waals surface area contributed by atoms with Crippen molar-refractivity contribution in [3.8, 4) is 0 Å². The predicted molar refractivity (Wildman–Crippen MR) is 44.8 cm³/mol. The number of nitrogens with zero attached hydrogens (tertiary/aromatic N) is 1. The number of hydrogen-bond donors (Lipinski definition) is 0. The van der Waals surface area contributed by atoms with Crippen LogP contribution in [0.5, 0.6) is 0 Å². The minimum absolute atomic E-state index is 0.182. The van der Waals surface area contributed by atoms with Crippen LogP contribution in [0, 0.1) is 5.92 Å². The molecule has 2 atom stereocenters. The van der Waals surface area contributed by atoms with Gasteiger partial charge in [0.15, 0.2) is 0 Å². The van der Waals surface area contributed by atoms with Crippen LogP contribution in [0.15, 0.2) is 24.3 Å². The van der Waals surface area contributed by atoms with E-state index in [4.69, 9.17) is 0 Å². The number of fused-ring (bicyclic) bond motifs is 1. The summed E-state index contributed by atoms with van der Waals surface area (Å²) < 4.78 is 4.53. The van der Waals surface area contributed by atoms with Gasteiger partial charge in [0, 0.05) is 7.05 Å². The maximum Gasteiger partial charge on any atom is 0.417 e. The molecule has 1 heterocycles. The average molecular weight is 179 g/mol. The van der Waals surface area contributed by atoms with Gasteiger partial charge in [-0.1, -0.05) is 24.3 Å². The van der Waals surface area contributed by atoms with E-state index in [1.165, 1.54) is 4.90 Å². The average Bonchev–Trinajstić information content (AvgIpc) is 2.15. The predicted octanol–water partition coefficient (Wildman–Crippen LogP) is 0.706. The molecule has 0 N–H and O–H groups in total. The third kappa shape index (κ3) is 1.14. The van der Waals surface area contributed by atoms with Crippen LogP contribution in [0.3, 0.4) is 0 Å². The Morgan fingerprint density at radius 3 is 2.77 bits per heavy atom. The van der Waals surface area contributed by atoms with Gasteiger partial charge in [-0.2, -0.15) is 0 Å². The molecule has 0 bridgehead atoms. The van der Waals surface area contributed by atoms with Crippen molar-refractivity contribution in [2.24, 2.45) is 5.92 Å². The highest BCUT2D eigenvalue weighted by Crippen LogP contribution is 2.24. The first-order chi connectivity index (χ1) is 6.20. The molecule has 1 aliphatic carbocycles. The topological polar surface area (TPSA) is 46.6 Å². The van der Waals surface area contributed by atoms with Gasteiger partial charge in [0.25, 0.3) is 0 Å². The van der Waals surface area contributed by atoms with E-state index >= 15 is 0 Å². The monoisotopic (exact) mass is 179 g/mol. The SMILES string of the molecule is CN1C(=O)OC(=O)C2C=CC=CC21. The molecule has 0 aromatic heterocycles. The molecule has 68 valence electrons. The maximum atomic E-state index is 11.2. The summed E-state index contributed by atoms with van der Waals surface area (Å²) in [6.07, 6.45) is 6.60. The Labute approximate surface area is 75.5 Å². The fraction of sp³-hybridized carbons (Fsp3) is 0.333. The first-order valence-electron chi connectivity index (χ1n) is 4.03. The quantitative estimate of drug-likeness (QED) is 0.406. The van der Waals surface area contributed by atoms with E-state index in [9.17, 15) is 9.59 Å². The van der Waals surface area contributed by atoms with Crippen molar-refractivity contribution in [3.63, 3.8) is 0 Å². The summed E-state index contributed by atoms with van der Waals surface area (Å²) in [5.41, 5.74) is 0. The molecule has 1 aliphatic heterocycles. The lowest BCUT2D eigenvalue weighted by Crippen LogP contribution is -2.50. The lowest BCUT2D eigenvalue weighted by Gasteiger charge is -2.34. The van der Waals surface area contributed by atoms with Crippen molar-refractivity contribution >= 4 is 12.1 Å². The first-order valence-corrected chi connectivity index (χ1v) is 4.03. The number of amides is 1. The van der Waals surface area contributed by atoms with Gasteiger partial charge in [-0.25, -0.2) is 4.79 Å². The van der Waals surface area contributed by atoms with Gasteiger partial charge in [-0.05, 0) is 0 Å². The zero-order valence-corrected chi connectivity index (χ0v) is 7.14. The summed E-state index contributed by atoms with van der Waals surface area (Å²) in [4.78, 5) is 23.7. The first kappa shape index (κ1) is 8.04. The van der Waals surface area contributed by atoms with Crippen LogP contribution in [0.4, 0.5) is 4.79 Å². The van der Waals surface area contributed by atoms with Gasteiger partial charge in [-0.15, -0.1) is 0 Å². The summed E-state index contributed by atoms with van der Waals surface area (Å²) in [5, 5.41) is 0. The Morgan fingerprint density at radius 2 is 2.00 bits per heavy atom. The van der Waals surface area contributed by atoms with Gasteiger partial charge in [0.1, 0.15) is 0 Å². The molecule has 0 aromatic rings. The van der Waals surface area contributed by atoms with Crippen molar-refractivity contribution in [2.45, 2.75) is 6.04 Å². The molecule has 4 heteroatoms. The number of carbonyl (C=O) groups excluding carboxylic acids is 2. The normalized spacial score (nSPS) is 31.6. The van der Waals surface area contributed by atoms with Crippen molar-refractivity contribution in [1.29, 1.82) is 0 Å². The summed E-state index contributed by atoms with van der Waals surface area (Å²) in [6, 6.07) is -0.182. The number of likely N-dealkylation sites (N-methyl/N-ethyl adjacent to an activating group) is 1. The second-order valence-corrected chi connectivity index (χ2v) is 3.08. The molecule has 0 radical (unpaired) electrons. The molecule has 0 saturated carbocycles. The zero-order chi connectivity index (χ0) is 9.42. The van der Waals surface area contributed by atoms with E-state index in [1.807, 2.05) is 12.2 Å². The van der Waals surface area contributed by atoms with Gasteiger partial charge >= 0.3 is 12.1 Å². The van der Waals surface area contributed by atoms with Crippen LogP contribution in [0.1, 0.15) is 0 Å². The van der Waals surface area contributed by atoms with Crippen LogP contribution in [-0.4, -0.2) is 30.1 Å². The molecule has 2 rings (SSSR count). The molecule has 13 heavy (non-hydrogen) atoms. The number of cyclic esters (lactones) is 2. The van der Waals surface area contributed by atoms with Crippen LogP contribution < -0.4 is 0 Å². The Morgan fingerprint density at radius 1 is 1.31 bits per heavy atom. The number of ether oxygens (including phenoxy) is 1. The van der Waals surface area contributed by atoms with Crippen LogP contribution >= 0.6 is 0 Å². The fourth-order valence-electron chi connectivity index (χ4n) is 1.53. The van der Waals surface area contributed by atoms with E-state index in [2.05, 4.69) is 4.74 Å². The zero-order valence-electron chi connectivity index (χ0n) is 7.14. The smallest absolute Gasteiger partial charge is 0.376 e. The minimum Gasteiger partial charge on any atom is -0.376 e. The Balaban J connectivity index is 2.32. The van der Waals surface area contributed by atoms with Crippen molar-refractivity contribution in [3.05, 3.63) is 24.3 Å². The lowest BCUT2D eigenvalue weighted by atomic mass is 9.93. The van der Waals surface area contributed by atoms with Crippen molar-refractivity contribution in [1.82, 2.24) is 4.90 Å². The Kier molecular flexibility index (Phi) is 1.69. The molecule has 2 unspecified atom stereocenters. The van der Waals surface area contributed by atoms with Crippen molar-refractivity contribution < 1.29 is 14.3 Å². The number of carbonyl (C=O) groups is 2. The van der Waals surface area contributed by atoms with Crippen LogP contribution in [-0.2, 0) is 9.53 Å². The standard InChI is InChI=1S/C9H9NO3/c1-10-7-5-3-2-4-6(7)8(11)13-9(10)12/h2-7H,1H3. The van der Waals surface area contributed by atoms with E-state index in [-0.39, 0.29) is 12.0 Å². The summed E-state index contributed by atoms with van der Waals surface area (Å²) >= 11 is 0. The third-order valence-corrected chi connectivity index (χ3v) is 2.30. The third-order valence-electron chi connectivity index (χ3n) is 2.30. The van der Waals surface area contributed by atoms with E-state index in [1.54, 1.807) is 19.2 Å². The van der Waals surface area contributed by atoms with Gasteiger partial charge < -0.3 is 9.64 Å². The molecule has 0 spiro atoms. The molecule has 1 amide bonds. The highest BCUT2D eigenvalue weighted by molar-refractivity contribution is 5.91. The fourth-order valence-corrected chi connectivity index (χ4v) is 1.53. The van der Waals surface area contributed by atoms with Crippen LogP contribution in [0.25, 0.3) is 0 Å². The Hall–Kier alpha value is -1.58. The lowest BCUT2D eigenvalue weighted by molar-refractivity contribution is -0.146. The number of esters is 1. The molecule has 1 saturated heterocycles. The van der Waals surface area contributed by atoms with Gasteiger partial charge in [0.2, 0.25) is 0 Å². The van der Waals surface area contributed by atoms with E-state index < -0.39 is 12.1 Å². The molecular weight excluding hydrogens is 170 g/mol. The second kappa shape index (κ2) is 2.73. The van der Waals surface area contributed by atoms with Crippen molar-refractivity contribution in [2.75, 3.05) is 7.05 Å². The van der Waals surface area contributed by atoms with Gasteiger partial charge in [-0.3, -0.25) is 4.79 Å². The summed E-state index contributed by atoms with van der Waals surface area (Å²) in [6.45, 7) is 0. The number of rotatable bonds is 0. The molecule has 1 fully saturated rings. The second-order valence-electron chi connectivity index (χ2n) is 3.08.